The van der Waals surface area contributed by atoms with Crippen LogP contribution in [0.5, 0.6) is 0 Å². The van der Waals surface area contributed by atoms with Gasteiger partial charge in [0.2, 0.25) is 5.87 Å². The molecule has 0 saturated heterocycles. The fraction of sp³-hybridized carbons (Fsp3) is 0.207. The van der Waals surface area contributed by atoms with Gasteiger partial charge in [0.1, 0.15) is 17.4 Å². The summed E-state index contributed by atoms with van der Waals surface area (Å²) in [6, 6.07) is 12.1. The number of hydrogen-bond donors (Lipinski definition) is 4. The minimum absolute atomic E-state index is 0.0306. The highest BCUT2D eigenvalue weighted by Crippen LogP contribution is 2.31. The van der Waals surface area contributed by atoms with Gasteiger partial charge in [-0.2, -0.15) is 4.74 Å². The van der Waals surface area contributed by atoms with Gasteiger partial charge >= 0.3 is 0 Å². The highest BCUT2D eigenvalue weighted by atomic mass is 19.1. The minimum atomic E-state index is -2.90. The van der Waals surface area contributed by atoms with Crippen LogP contribution >= 0.6 is 0 Å². The molecule has 0 aliphatic heterocycles. The Hall–Kier alpha value is -5.12. The van der Waals surface area contributed by atoms with Crippen molar-refractivity contribution in [2.75, 3.05) is 11.9 Å². The van der Waals surface area contributed by atoms with E-state index in [-0.39, 0.29) is 41.4 Å². The number of aromatic nitrogens is 4. The van der Waals surface area contributed by atoms with Crippen molar-refractivity contribution in [3.63, 3.8) is 0 Å². The highest BCUT2D eigenvalue weighted by Gasteiger charge is 2.23. The van der Waals surface area contributed by atoms with Crippen molar-refractivity contribution >= 4 is 36.4 Å². The highest BCUT2D eigenvalue weighted by molar-refractivity contribution is 6.12. The van der Waals surface area contributed by atoms with Gasteiger partial charge in [-0.15, -0.1) is 0 Å². The Bertz CT molecular complexity index is 1980. The Morgan fingerprint density at radius 2 is 1.80 bits per heavy atom. The van der Waals surface area contributed by atoms with Crippen LogP contribution in [0.25, 0.3) is 33.4 Å². The van der Waals surface area contributed by atoms with E-state index in [0.717, 1.165) is 16.9 Å². The lowest BCUT2D eigenvalue weighted by molar-refractivity contribution is -0.275. The first-order valence-electron chi connectivity index (χ1n) is 13.2. The Labute approximate surface area is 250 Å². The predicted octanol–water partition coefficient (Wildman–Crippen LogP) is 1.95. The third kappa shape index (κ3) is 6.01. The van der Waals surface area contributed by atoms with E-state index in [4.69, 9.17) is 22.8 Å². The molecule has 0 spiro atoms. The summed E-state index contributed by atoms with van der Waals surface area (Å²) >= 11 is 0. The van der Waals surface area contributed by atoms with Crippen LogP contribution in [-0.4, -0.2) is 61.6 Å². The number of amides is 2. The number of carbonyl (C=O) groups excluding carboxylic acids is 2. The zero-order chi connectivity index (χ0) is 31.9. The molecule has 44 heavy (non-hydrogen) atoms. The molecule has 0 unspecified atom stereocenters. The summed E-state index contributed by atoms with van der Waals surface area (Å²) in [4.78, 5) is 46.5. The van der Waals surface area contributed by atoms with Gasteiger partial charge in [-0.1, -0.05) is 24.3 Å². The molecule has 0 bridgehead atoms. The average Bonchev–Trinajstić information content (AvgIpc) is 3.43. The number of nitrogens with zero attached hydrogens (tertiary/aromatic N) is 4. The first kappa shape index (κ1) is 30.3. The maximum Gasteiger partial charge on any atom is 0.290 e. The molecule has 5 rings (SSSR count). The lowest BCUT2D eigenvalue weighted by Gasteiger charge is -2.19. The number of aryl methyl sites for hydroxylation is 3. The van der Waals surface area contributed by atoms with E-state index in [1.54, 1.807) is 48.7 Å². The molecule has 0 saturated carbocycles. The lowest BCUT2D eigenvalue weighted by atomic mass is 10.0. The summed E-state index contributed by atoms with van der Waals surface area (Å²) in [5, 5.41) is 21.6. The minimum Gasteiger partial charge on any atom is -0.381 e. The molecule has 5 N–H and O–H groups in total. The van der Waals surface area contributed by atoms with Crippen molar-refractivity contribution in [2.45, 2.75) is 26.3 Å². The van der Waals surface area contributed by atoms with Gasteiger partial charge in [0.05, 0.1) is 34.5 Å². The number of fused-ring (bicyclic) bond motifs is 1. The van der Waals surface area contributed by atoms with Crippen molar-refractivity contribution in [2.24, 2.45) is 12.8 Å². The summed E-state index contributed by atoms with van der Waals surface area (Å²) in [6.07, 6.45) is 0. The maximum absolute atomic E-state index is 14.0. The maximum atomic E-state index is 14.0. The number of aliphatic hydroxyl groups is 2. The zero-order valence-electron chi connectivity index (χ0n) is 23.8. The number of carbonyl (C=O) groups is 2. The van der Waals surface area contributed by atoms with Crippen LogP contribution in [0.2, 0.25) is 0 Å². The van der Waals surface area contributed by atoms with Crippen LogP contribution in [0.3, 0.4) is 0 Å². The Balaban J connectivity index is 1.61. The van der Waals surface area contributed by atoms with Crippen LogP contribution in [-0.2, 0) is 18.3 Å². The number of rotatable bonds is 9. The molecule has 5 aromatic rings. The molecule has 0 aliphatic rings. The van der Waals surface area contributed by atoms with Crippen molar-refractivity contribution in [3.05, 3.63) is 87.5 Å². The summed E-state index contributed by atoms with van der Waals surface area (Å²) in [5.41, 5.74) is 7.49. The number of anilines is 1. The van der Waals surface area contributed by atoms with E-state index in [1.807, 2.05) is 0 Å². The summed E-state index contributed by atoms with van der Waals surface area (Å²) in [5.74, 6) is -4.71. The number of ether oxygens (including phenoxy) is 1. The van der Waals surface area contributed by atoms with Gasteiger partial charge in [0.15, 0.2) is 13.5 Å². The Morgan fingerprint density at radius 3 is 2.41 bits per heavy atom. The van der Waals surface area contributed by atoms with Gasteiger partial charge in [0, 0.05) is 19.3 Å². The molecule has 0 fully saturated rings. The predicted molar refractivity (Wildman–Crippen MR) is 157 cm³/mol. The molecule has 0 atom stereocenters. The normalized spacial score (nSPS) is 11.7. The Kier molecular flexibility index (Phi) is 7.95. The lowest BCUT2D eigenvalue weighted by Crippen LogP contribution is -2.33. The number of benzene rings is 2. The van der Waals surface area contributed by atoms with E-state index in [2.05, 4.69) is 15.3 Å². The summed E-state index contributed by atoms with van der Waals surface area (Å²) < 4.78 is 27.1. The van der Waals surface area contributed by atoms with Crippen LogP contribution in [0.4, 0.5) is 10.1 Å². The zero-order valence-corrected chi connectivity index (χ0v) is 23.8. The average molecular weight is 600 g/mol. The van der Waals surface area contributed by atoms with Gasteiger partial charge in [-0.25, -0.2) is 14.4 Å². The molecule has 0 aliphatic carbocycles. The second kappa shape index (κ2) is 11.5. The van der Waals surface area contributed by atoms with Crippen molar-refractivity contribution in [1.29, 1.82) is 0 Å². The van der Waals surface area contributed by atoms with Crippen LogP contribution < -0.4 is 16.6 Å². The fourth-order valence-electron chi connectivity index (χ4n) is 4.92. The fourth-order valence-corrected chi connectivity index (χ4v) is 4.92. The number of nitrogens with one attached hydrogen (secondary N) is 1. The molecule has 2 amide bonds. The van der Waals surface area contributed by atoms with Gasteiger partial charge < -0.3 is 35.1 Å². The summed E-state index contributed by atoms with van der Waals surface area (Å²) in [6.45, 7) is 2.97. The quantitative estimate of drug-likeness (QED) is 0.145. The molecular formula is C29H26BFN6O7. The van der Waals surface area contributed by atoms with Crippen molar-refractivity contribution < 1.29 is 33.5 Å². The SMILES string of the molecule is [B]C(O)(O)OCCn1c(-c2ccc(-c3c(C)on(C)c3=O)cc2)cc2nc(C)nc(C(=O)Nc3ccc(F)c(C(N)=O)c3)c21. The third-order valence-electron chi connectivity index (χ3n) is 6.79. The number of primary amides is 1. The van der Waals surface area contributed by atoms with E-state index in [9.17, 15) is 29.0 Å². The third-order valence-corrected chi connectivity index (χ3v) is 6.79. The summed E-state index contributed by atoms with van der Waals surface area (Å²) in [7, 11) is 6.68. The van der Waals surface area contributed by atoms with Crippen molar-refractivity contribution in [3.8, 4) is 22.4 Å². The van der Waals surface area contributed by atoms with Gasteiger partial charge in [-0.05, 0) is 49.2 Å². The van der Waals surface area contributed by atoms with Gasteiger partial charge in [-0.3, -0.25) is 14.4 Å². The second-order valence-electron chi connectivity index (χ2n) is 9.96. The van der Waals surface area contributed by atoms with E-state index in [1.165, 1.54) is 13.1 Å². The largest absolute Gasteiger partial charge is 0.381 e. The number of hydrogen-bond acceptors (Lipinski definition) is 9. The molecule has 13 nitrogen and oxygen atoms in total. The molecule has 3 aromatic heterocycles. The van der Waals surface area contributed by atoms with E-state index in [0.29, 0.717) is 33.7 Å². The van der Waals surface area contributed by atoms with Gasteiger partial charge in [0.25, 0.3) is 17.4 Å². The molecule has 2 radical (unpaired) electrons. The monoisotopic (exact) mass is 600 g/mol. The molecule has 15 heteroatoms. The Morgan fingerprint density at radius 1 is 1.11 bits per heavy atom. The molecule has 224 valence electrons. The topological polar surface area (TPSA) is 188 Å². The smallest absolute Gasteiger partial charge is 0.290 e. The van der Waals surface area contributed by atoms with Crippen LogP contribution in [0.1, 0.15) is 32.4 Å². The first-order chi connectivity index (χ1) is 20.7. The number of nitrogens with two attached hydrogens (primary N) is 1. The first-order valence-corrected chi connectivity index (χ1v) is 13.2. The molecule has 2 aromatic carbocycles. The molecule has 3 heterocycles. The van der Waals surface area contributed by atoms with E-state index >= 15 is 0 Å². The van der Waals surface area contributed by atoms with Crippen molar-refractivity contribution in [1.82, 2.24) is 19.3 Å². The second-order valence-corrected chi connectivity index (χ2v) is 9.96. The number of halogens is 1. The molecular weight excluding hydrogens is 574 g/mol. The van der Waals surface area contributed by atoms with E-state index < -0.39 is 29.1 Å². The standard InChI is InChI=1S/C29H26BFN6O7/c1-14-23(28(40)36(3)44-14)17-6-4-16(5-7-17)22-13-21-25(37(22)10-11-43-29(30,41)42)24(34-15(2)33-21)27(39)35-18-8-9-20(31)19(12-18)26(32)38/h4-9,12-13,41-42H,10-11H2,1-3H3,(H2,32,38)(H,35,39). The van der Waals surface area contributed by atoms with Crippen LogP contribution in [0.15, 0.2) is 57.8 Å². The van der Waals surface area contributed by atoms with Crippen LogP contribution in [0, 0.1) is 19.7 Å².